The molecule has 2 aromatic heterocycles. The van der Waals surface area contributed by atoms with Crippen molar-refractivity contribution in [3.8, 4) is 5.75 Å². The van der Waals surface area contributed by atoms with E-state index in [9.17, 15) is 14.4 Å². The number of thiazole rings is 1. The van der Waals surface area contributed by atoms with Gasteiger partial charge in [0.25, 0.3) is 5.91 Å². The number of rotatable bonds is 3. The number of carbonyl (C=O) groups excluding carboxylic acids is 3. The Balaban J connectivity index is 1.11. The standard InChI is InChI=1S/C33H31N5O5S/c39-30(17-28-23-8-1-2-11-29(23)43-36-28)37-13-5-15-42-22-7-3-6-21(16-22)25-18-38(19-26(25)32(40)34-12-14-37)33(41)24-9-4-10-27-31(24)44-20-35-27/h1-4,6-11,16,20,25-26H,5,12-15,17-19H2,(H,34,40)/t25-,26+/m1/s1. The highest BCUT2D eigenvalue weighted by atomic mass is 32.1. The molecule has 10 nitrogen and oxygen atoms in total. The summed E-state index contributed by atoms with van der Waals surface area (Å²) in [6.07, 6.45) is 0.725. The summed E-state index contributed by atoms with van der Waals surface area (Å²) in [5, 5.41) is 8.01. The number of benzene rings is 3. The third kappa shape index (κ3) is 5.50. The lowest BCUT2D eigenvalue weighted by atomic mass is 9.88. The first-order valence-corrected chi connectivity index (χ1v) is 15.7. The van der Waals surface area contributed by atoms with Crippen molar-refractivity contribution in [2.75, 3.05) is 39.3 Å². The van der Waals surface area contributed by atoms with E-state index in [0.29, 0.717) is 61.8 Å². The molecule has 4 heterocycles. The van der Waals surface area contributed by atoms with Crippen LogP contribution in [0.3, 0.4) is 0 Å². The highest BCUT2D eigenvalue weighted by molar-refractivity contribution is 7.17. The number of carbonyl (C=O) groups is 3. The Labute approximate surface area is 257 Å². The highest BCUT2D eigenvalue weighted by Gasteiger charge is 2.41. The summed E-state index contributed by atoms with van der Waals surface area (Å²) < 4.78 is 12.3. The second-order valence-electron chi connectivity index (χ2n) is 11.2. The summed E-state index contributed by atoms with van der Waals surface area (Å²) in [7, 11) is 0. The summed E-state index contributed by atoms with van der Waals surface area (Å²) in [5.41, 5.74) is 5.32. The van der Waals surface area contributed by atoms with Crippen LogP contribution in [0, 0.1) is 5.92 Å². The summed E-state index contributed by atoms with van der Waals surface area (Å²) in [4.78, 5) is 48.8. The predicted molar refractivity (Wildman–Crippen MR) is 166 cm³/mol. The van der Waals surface area contributed by atoms with Gasteiger partial charge in [0, 0.05) is 44.0 Å². The summed E-state index contributed by atoms with van der Waals surface area (Å²) in [5.74, 6) is -0.306. The van der Waals surface area contributed by atoms with E-state index in [2.05, 4.69) is 15.5 Å². The van der Waals surface area contributed by atoms with E-state index in [-0.39, 0.29) is 36.6 Å². The Hall–Kier alpha value is -4.77. The Bertz CT molecular complexity index is 1850. The molecule has 1 fully saturated rings. The van der Waals surface area contributed by atoms with Gasteiger partial charge < -0.3 is 24.4 Å². The van der Waals surface area contributed by atoms with Crippen LogP contribution in [0.4, 0.5) is 0 Å². The third-order valence-corrected chi connectivity index (χ3v) is 9.34. The maximum Gasteiger partial charge on any atom is 0.255 e. The number of fused-ring (bicyclic) bond motifs is 6. The Morgan fingerprint density at radius 3 is 2.77 bits per heavy atom. The van der Waals surface area contributed by atoms with Crippen molar-refractivity contribution in [2.24, 2.45) is 5.92 Å². The maximum atomic E-state index is 13.8. The van der Waals surface area contributed by atoms with Crippen molar-refractivity contribution in [3.05, 3.63) is 89.1 Å². The van der Waals surface area contributed by atoms with Gasteiger partial charge in [-0.2, -0.15) is 0 Å². The lowest BCUT2D eigenvalue weighted by Crippen LogP contribution is -2.42. The van der Waals surface area contributed by atoms with Gasteiger partial charge in [-0.05, 0) is 48.4 Å². The molecule has 3 aromatic carbocycles. The molecule has 0 spiro atoms. The van der Waals surface area contributed by atoms with Gasteiger partial charge in [-0.3, -0.25) is 14.4 Å². The van der Waals surface area contributed by atoms with Gasteiger partial charge in [0.1, 0.15) is 11.4 Å². The molecule has 0 saturated carbocycles. The average molecular weight is 610 g/mol. The number of amides is 3. The Morgan fingerprint density at radius 1 is 0.977 bits per heavy atom. The van der Waals surface area contributed by atoms with Crippen LogP contribution in [0.1, 0.15) is 34.0 Å². The quantitative estimate of drug-likeness (QED) is 0.325. The Kier molecular flexibility index (Phi) is 7.69. The minimum Gasteiger partial charge on any atom is -0.494 e. The van der Waals surface area contributed by atoms with Crippen molar-refractivity contribution in [3.63, 3.8) is 0 Å². The average Bonchev–Trinajstić information content (AvgIpc) is 3.80. The number of para-hydroxylation sites is 1. The van der Waals surface area contributed by atoms with E-state index in [1.165, 1.54) is 11.3 Å². The summed E-state index contributed by atoms with van der Waals surface area (Å²) in [6.45, 7) is 2.25. The van der Waals surface area contributed by atoms with Crippen LogP contribution in [0.5, 0.6) is 5.75 Å². The zero-order chi connectivity index (χ0) is 30.0. The number of likely N-dealkylation sites (tertiary alicyclic amines) is 1. The number of nitrogens with zero attached hydrogens (tertiary/aromatic N) is 4. The van der Waals surface area contributed by atoms with Crippen LogP contribution in [0.15, 0.2) is 76.8 Å². The largest absolute Gasteiger partial charge is 0.494 e. The van der Waals surface area contributed by atoms with Crippen molar-refractivity contribution in [1.82, 2.24) is 25.3 Å². The van der Waals surface area contributed by atoms with E-state index in [0.717, 1.165) is 21.2 Å². The van der Waals surface area contributed by atoms with Gasteiger partial charge in [-0.25, -0.2) is 4.98 Å². The molecule has 0 radical (unpaired) electrons. The number of hydrogen-bond donors (Lipinski definition) is 1. The van der Waals surface area contributed by atoms with E-state index in [1.807, 2.05) is 66.7 Å². The van der Waals surface area contributed by atoms with Gasteiger partial charge in [0.15, 0.2) is 5.58 Å². The van der Waals surface area contributed by atoms with E-state index >= 15 is 0 Å². The van der Waals surface area contributed by atoms with Gasteiger partial charge in [0.05, 0.1) is 40.2 Å². The predicted octanol–water partition coefficient (Wildman–Crippen LogP) is 4.26. The molecule has 5 aromatic rings. The van der Waals surface area contributed by atoms with Crippen LogP contribution < -0.4 is 10.1 Å². The molecule has 0 aliphatic carbocycles. The molecule has 7 rings (SSSR count). The van der Waals surface area contributed by atoms with Crippen molar-refractivity contribution in [2.45, 2.75) is 18.8 Å². The monoisotopic (exact) mass is 609 g/mol. The zero-order valence-electron chi connectivity index (χ0n) is 24.0. The fraction of sp³-hybridized carbons (Fsp3) is 0.303. The first-order chi connectivity index (χ1) is 21.5. The molecule has 44 heavy (non-hydrogen) atoms. The minimum absolute atomic E-state index is 0.0971. The van der Waals surface area contributed by atoms with Crippen molar-refractivity contribution in [1.29, 1.82) is 0 Å². The van der Waals surface area contributed by atoms with Gasteiger partial charge in [0.2, 0.25) is 11.8 Å². The molecular formula is C33H31N5O5S. The van der Waals surface area contributed by atoms with Crippen LogP contribution in [0.2, 0.25) is 0 Å². The van der Waals surface area contributed by atoms with Crippen LogP contribution in [-0.2, 0) is 16.0 Å². The first-order valence-electron chi connectivity index (χ1n) is 14.8. The molecule has 1 saturated heterocycles. The molecule has 2 atom stereocenters. The maximum absolute atomic E-state index is 13.8. The van der Waals surface area contributed by atoms with E-state index in [1.54, 1.807) is 15.3 Å². The van der Waals surface area contributed by atoms with Crippen LogP contribution in [-0.4, -0.2) is 77.0 Å². The minimum atomic E-state index is -0.455. The second kappa shape index (κ2) is 12.1. The molecule has 2 bridgehead atoms. The van der Waals surface area contributed by atoms with E-state index < -0.39 is 5.92 Å². The molecule has 2 aliphatic heterocycles. The Morgan fingerprint density at radius 2 is 1.84 bits per heavy atom. The molecule has 224 valence electrons. The molecule has 1 N–H and O–H groups in total. The fourth-order valence-corrected chi connectivity index (χ4v) is 7.00. The lowest BCUT2D eigenvalue weighted by Gasteiger charge is -2.25. The fourth-order valence-electron chi connectivity index (χ4n) is 6.21. The lowest BCUT2D eigenvalue weighted by molar-refractivity contribution is -0.131. The molecular weight excluding hydrogens is 578 g/mol. The normalized spacial score (nSPS) is 19.3. The highest BCUT2D eigenvalue weighted by Crippen LogP contribution is 2.36. The topological polar surface area (TPSA) is 118 Å². The summed E-state index contributed by atoms with van der Waals surface area (Å²) in [6, 6.07) is 20.8. The third-order valence-electron chi connectivity index (χ3n) is 8.46. The van der Waals surface area contributed by atoms with Crippen molar-refractivity contribution >= 4 is 50.2 Å². The van der Waals surface area contributed by atoms with Crippen molar-refractivity contribution < 1.29 is 23.6 Å². The number of hydrogen-bond acceptors (Lipinski definition) is 8. The first kappa shape index (κ1) is 28.0. The summed E-state index contributed by atoms with van der Waals surface area (Å²) >= 11 is 1.44. The SMILES string of the molecule is O=C1NCCN(C(=O)Cc2noc3ccccc23)CCCOc2cccc(c2)[C@H]2CN(C(=O)c3cccc4ncsc34)C[C@H]12. The van der Waals surface area contributed by atoms with Crippen LogP contribution >= 0.6 is 11.3 Å². The molecule has 2 aliphatic rings. The van der Waals surface area contributed by atoms with E-state index in [4.69, 9.17) is 9.26 Å². The van der Waals surface area contributed by atoms with Gasteiger partial charge >= 0.3 is 0 Å². The number of aromatic nitrogens is 2. The van der Waals surface area contributed by atoms with Gasteiger partial charge in [-0.15, -0.1) is 11.3 Å². The molecule has 0 unspecified atom stereocenters. The zero-order valence-corrected chi connectivity index (χ0v) is 24.8. The number of nitrogens with one attached hydrogen (secondary N) is 1. The molecule has 11 heteroatoms. The second-order valence-corrected chi connectivity index (χ2v) is 12.0. The number of ether oxygens (including phenoxy) is 1. The van der Waals surface area contributed by atoms with Gasteiger partial charge in [-0.1, -0.05) is 35.5 Å². The smallest absolute Gasteiger partial charge is 0.255 e. The van der Waals surface area contributed by atoms with Crippen LogP contribution in [0.25, 0.3) is 21.2 Å². The molecule has 3 amide bonds.